The largest absolute Gasteiger partial charge is 0.376 e. The van der Waals surface area contributed by atoms with Crippen LogP contribution in [0.4, 0.5) is 5.69 Å². The number of rotatable bonds is 5. The minimum absolute atomic E-state index is 0.139. The molecule has 0 saturated carbocycles. The van der Waals surface area contributed by atoms with Crippen molar-refractivity contribution >= 4 is 65.6 Å². The normalized spacial score (nSPS) is 10.8. The van der Waals surface area contributed by atoms with Crippen molar-refractivity contribution in [1.29, 1.82) is 0 Å². The van der Waals surface area contributed by atoms with Crippen LogP contribution in [0, 0.1) is 6.92 Å². The van der Waals surface area contributed by atoms with E-state index >= 15 is 0 Å². The SMILES string of the molecule is Cc1c(Br)cc(NCC(=O)N/N=C\c2ccc(Br)cc2)cc1Br. The van der Waals surface area contributed by atoms with Crippen molar-refractivity contribution in [2.24, 2.45) is 5.10 Å². The topological polar surface area (TPSA) is 53.5 Å². The van der Waals surface area contributed by atoms with Gasteiger partial charge in [0.05, 0.1) is 12.8 Å². The first kappa shape index (κ1) is 18.2. The summed E-state index contributed by atoms with van der Waals surface area (Å²) in [4.78, 5) is 11.8. The number of nitrogens with zero attached hydrogens (tertiary/aromatic N) is 1. The van der Waals surface area contributed by atoms with Gasteiger partial charge < -0.3 is 5.32 Å². The summed E-state index contributed by atoms with van der Waals surface area (Å²) < 4.78 is 2.95. The molecule has 2 rings (SSSR count). The Labute approximate surface area is 160 Å². The van der Waals surface area contributed by atoms with Gasteiger partial charge in [0.25, 0.3) is 5.91 Å². The summed E-state index contributed by atoms with van der Waals surface area (Å²) >= 11 is 10.3. The molecular formula is C16H14Br3N3O. The predicted octanol–water partition coefficient (Wildman–Crippen LogP) is 4.84. The number of hydrogen-bond acceptors (Lipinski definition) is 3. The fourth-order valence-electron chi connectivity index (χ4n) is 1.70. The molecule has 1 amide bonds. The highest BCUT2D eigenvalue weighted by Crippen LogP contribution is 2.28. The average Bonchev–Trinajstić information content (AvgIpc) is 2.52. The lowest BCUT2D eigenvalue weighted by Crippen LogP contribution is -2.25. The molecular weight excluding hydrogens is 490 g/mol. The lowest BCUT2D eigenvalue weighted by molar-refractivity contribution is -0.119. The third-order valence-electron chi connectivity index (χ3n) is 3.01. The quantitative estimate of drug-likeness (QED) is 0.453. The Hall–Kier alpha value is -1.18. The van der Waals surface area contributed by atoms with Crippen LogP contribution in [0.2, 0.25) is 0 Å². The second-order valence-corrected chi connectivity index (χ2v) is 7.39. The highest BCUT2D eigenvalue weighted by molar-refractivity contribution is 9.11. The number of carbonyl (C=O) groups is 1. The van der Waals surface area contributed by atoms with E-state index in [2.05, 4.69) is 63.6 Å². The van der Waals surface area contributed by atoms with Gasteiger partial charge in [-0.25, -0.2) is 5.43 Å². The summed E-state index contributed by atoms with van der Waals surface area (Å²) in [6, 6.07) is 11.5. The van der Waals surface area contributed by atoms with E-state index in [1.807, 2.05) is 43.3 Å². The fourth-order valence-corrected chi connectivity index (χ4v) is 3.15. The zero-order valence-electron chi connectivity index (χ0n) is 12.2. The maximum Gasteiger partial charge on any atom is 0.259 e. The monoisotopic (exact) mass is 501 g/mol. The van der Waals surface area contributed by atoms with Crippen molar-refractivity contribution in [1.82, 2.24) is 5.43 Å². The molecule has 0 fully saturated rings. The van der Waals surface area contributed by atoms with Gasteiger partial charge in [0, 0.05) is 19.1 Å². The van der Waals surface area contributed by atoms with Gasteiger partial charge in [0.15, 0.2) is 0 Å². The number of halogens is 3. The van der Waals surface area contributed by atoms with Crippen molar-refractivity contribution in [3.05, 3.63) is 60.9 Å². The average molecular weight is 504 g/mol. The van der Waals surface area contributed by atoms with Crippen molar-refractivity contribution in [2.75, 3.05) is 11.9 Å². The van der Waals surface area contributed by atoms with E-state index < -0.39 is 0 Å². The molecule has 2 aromatic carbocycles. The van der Waals surface area contributed by atoms with Crippen molar-refractivity contribution < 1.29 is 4.79 Å². The van der Waals surface area contributed by atoms with E-state index in [9.17, 15) is 4.79 Å². The summed E-state index contributed by atoms with van der Waals surface area (Å²) in [5.74, 6) is -0.216. The second-order valence-electron chi connectivity index (χ2n) is 4.76. The van der Waals surface area contributed by atoms with Crippen LogP contribution >= 0.6 is 47.8 Å². The zero-order valence-corrected chi connectivity index (χ0v) is 17.0. The van der Waals surface area contributed by atoms with Crippen LogP contribution in [0.3, 0.4) is 0 Å². The van der Waals surface area contributed by atoms with Gasteiger partial charge >= 0.3 is 0 Å². The molecule has 0 heterocycles. The number of amides is 1. The first-order valence-electron chi connectivity index (χ1n) is 6.72. The predicted molar refractivity (Wildman–Crippen MR) is 105 cm³/mol. The van der Waals surface area contributed by atoms with E-state index in [-0.39, 0.29) is 12.5 Å². The fraction of sp³-hybridized carbons (Fsp3) is 0.125. The molecule has 2 aromatic rings. The third-order valence-corrected chi connectivity index (χ3v) is 5.18. The summed E-state index contributed by atoms with van der Waals surface area (Å²) in [5, 5.41) is 6.99. The van der Waals surface area contributed by atoms with Crippen molar-refractivity contribution in [3.63, 3.8) is 0 Å². The van der Waals surface area contributed by atoms with E-state index in [0.717, 1.165) is 30.2 Å². The molecule has 0 aliphatic rings. The van der Waals surface area contributed by atoms with Crippen LogP contribution in [-0.4, -0.2) is 18.7 Å². The molecule has 0 aromatic heterocycles. The summed E-state index contributed by atoms with van der Waals surface area (Å²) in [6.45, 7) is 2.14. The molecule has 120 valence electrons. The molecule has 7 heteroatoms. The van der Waals surface area contributed by atoms with Crippen molar-refractivity contribution in [2.45, 2.75) is 6.92 Å². The van der Waals surface area contributed by atoms with E-state index in [1.54, 1.807) is 6.21 Å². The minimum atomic E-state index is -0.216. The Bertz CT molecular complexity index is 707. The lowest BCUT2D eigenvalue weighted by atomic mass is 10.2. The van der Waals surface area contributed by atoms with Gasteiger partial charge in [-0.15, -0.1) is 0 Å². The Morgan fingerprint density at radius 1 is 1.13 bits per heavy atom. The van der Waals surface area contributed by atoms with E-state index in [4.69, 9.17) is 0 Å². The highest BCUT2D eigenvalue weighted by atomic mass is 79.9. The maximum absolute atomic E-state index is 11.8. The Kier molecular flexibility index (Phi) is 6.80. The first-order valence-corrected chi connectivity index (χ1v) is 9.10. The standard InChI is InChI=1S/C16H14Br3N3O/c1-10-14(18)6-13(7-15(10)19)20-9-16(23)22-21-8-11-2-4-12(17)5-3-11/h2-8,20H,9H2,1H3,(H,22,23)/b21-8-. The molecule has 0 unspecified atom stereocenters. The lowest BCUT2D eigenvalue weighted by Gasteiger charge is -2.09. The minimum Gasteiger partial charge on any atom is -0.376 e. The van der Waals surface area contributed by atoms with Gasteiger partial charge in [-0.2, -0.15) is 5.10 Å². The van der Waals surface area contributed by atoms with Crippen LogP contribution < -0.4 is 10.7 Å². The molecule has 0 atom stereocenters. The van der Waals surface area contributed by atoms with Crippen LogP contribution in [0.5, 0.6) is 0 Å². The summed E-state index contributed by atoms with van der Waals surface area (Å²) in [5.41, 5.74) is 5.36. The van der Waals surface area contributed by atoms with E-state index in [1.165, 1.54) is 0 Å². The maximum atomic E-state index is 11.8. The van der Waals surface area contributed by atoms with Crippen LogP contribution in [0.25, 0.3) is 0 Å². The highest BCUT2D eigenvalue weighted by Gasteiger charge is 2.05. The van der Waals surface area contributed by atoms with Gasteiger partial charge in [-0.3, -0.25) is 4.79 Å². The molecule has 4 nitrogen and oxygen atoms in total. The van der Waals surface area contributed by atoms with Crippen molar-refractivity contribution in [3.8, 4) is 0 Å². The smallest absolute Gasteiger partial charge is 0.259 e. The first-order chi connectivity index (χ1) is 11.0. The molecule has 2 N–H and O–H groups in total. The van der Waals surface area contributed by atoms with Crippen LogP contribution in [0.1, 0.15) is 11.1 Å². The van der Waals surface area contributed by atoms with E-state index in [0.29, 0.717) is 0 Å². The second kappa shape index (κ2) is 8.61. The molecule has 0 aliphatic heterocycles. The summed E-state index contributed by atoms with van der Waals surface area (Å²) in [7, 11) is 0. The number of hydrazone groups is 1. The third kappa shape index (κ3) is 5.75. The molecule has 0 aliphatic carbocycles. The molecule has 23 heavy (non-hydrogen) atoms. The number of anilines is 1. The number of benzene rings is 2. The summed E-state index contributed by atoms with van der Waals surface area (Å²) in [6.07, 6.45) is 1.60. The number of hydrogen-bond donors (Lipinski definition) is 2. The van der Waals surface area contributed by atoms with Crippen LogP contribution in [-0.2, 0) is 4.79 Å². The van der Waals surface area contributed by atoms with Gasteiger partial charge in [-0.1, -0.05) is 59.9 Å². The molecule has 0 spiro atoms. The number of nitrogens with one attached hydrogen (secondary N) is 2. The van der Waals surface area contributed by atoms with Crippen LogP contribution in [0.15, 0.2) is 54.9 Å². The van der Waals surface area contributed by atoms with Gasteiger partial charge in [0.1, 0.15) is 0 Å². The zero-order chi connectivity index (χ0) is 16.8. The Morgan fingerprint density at radius 3 is 2.35 bits per heavy atom. The van der Waals surface area contributed by atoms with Gasteiger partial charge in [0.2, 0.25) is 0 Å². The Morgan fingerprint density at radius 2 is 1.74 bits per heavy atom. The molecule has 0 bridgehead atoms. The molecule has 0 radical (unpaired) electrons. The Balaban J connectivity index is 1.84. The molecule has 0 saturated heterocycles. The number of carbonyl (C=O) groups excluding carboxylic acids is 1. The van der Waals surface area contributed by atoms with Gasteiger partial charge in [-0.05, 0) is 42.3 Å².